The van der Waals surface area contributed by atoms with Gasteiger partial charge in [-0.2, -0.15) is 0 Å². The van der Waals surface area contributed by atoms with Crippen LogP contribution in [0.5, 0.6) is 11.5 Å². The van der Waals surface area contributed by atoms with Crippen molar-refractivity contribution in [3.05, 3.63) is 81.5 Å². The van der Waals surface area contributed by atoms with E-state index >= 15 is 0 Å². The third-order valence-electron chi connectivity index (χ3n) is 11.7. The molecule has 0 aromatic heterocycles. The zero-order chi connectivity index (χ0) is 37.8. The van der Waals surface area contributed by atoms with Crippen molar-refractivity contribution in [2.45, 2.75) is 179 Å². The summed E-state index contributed by atoms with van der Waals surface area (Å²) in [6.07, 6.45) is 29.5. The first kappa shape index (κ1) is 42.6. The molecule has 0 bridgehead atoms. The largest absolute Gasteiger partial charge is 0.487 e. The maximum atomic E-state index is 13.0. The highest BCUT2D eigenvalue weighted by atomic mass is 16.5. The normalized spacial score (nSPS) is 21.0. The second-order valence-corrected chi connectivity index (χ2v) is 17.9. The molecule has 3 rings (SSSR count). The van der Waals surface area contributed by atoms with E-state index in [1.807, 2.05) is 25.1 Å². The van der Waals surface area contributed by atoms with Crippen molar-refractivity contribution >= 4 is 5.97 Å². The number of aryl methyl sites for hydroxylation is 1. The third kappa shape index (κ3) is 13.9. The number of carbonyl (C=O) groups excluding carboxylic acids is 1. The van der Waals surface area contributed by atoms with Crippen LogP contribution in [-0.2, 0) is 11.2 Å². The number of carbonyl (C=O) groups is 1. The summed E-state index contributed by atoms with van der Waals surface area (Å²) in [6, 6.07) is 1.98. The van der Waals surface area contributed by atoms with Gasteiger partial charge in [-0.3, -0.25) is 0 Å². The lowest BCUT2D eigenvalue weighted by molar-refractivity contribution is -0.129. The van der Waals surface area contributed by atoms with Crippen molar-refractivity contribution in [3.8, 4) is 11.5 Å². The van der Waals surface area contributed by atoms with Crippen LogP contribution >= 0.6 is 0 Å². The summed E-state index contributed by atoms with van der Waals surface area (Å²) < 4.78 is 12.7. The molecule has 0 fully saturated rings. The lowest BCUT2D eigenvalue weighted by Gasteiger charge is -2.38. The van der Waals surface area contributed by atoms with Gasteiger partial charge in [-0.1, -0.05) is 128 Å². The predicted molar refractivity (Wildman–Crippen MR) is 220 cm³/mol. The van der Waals surface area contributed by atoms with Gasteiger partial charge in [0.05, 0.1) is 0 Å². The Hall–Kier alpha value is -2.81. The van der Waals surface area contributed by atoms with Gasteiger partial charge in [0, 0.05) is 11.6 Å². The smallest absolute Gasteiger partial charge is 0.336 e. The summed E-state index contributed by atoms with van der Waals surface area (Å²) in [5.41, 5.74) is 8.33. The maximum absolute atomic E-state index is 13.0. The minimum absolute atomic E-state index is 0.148. The van der Waals surface area contributed by atoms with Crippen molar-refractivity contribution in [1.29, 1.82) is 0 Å². The van der Waals surface area contributed by atoms with E-state index in [0.29, 0.717) is 5.75 Å². The van der Waals surface area contributed by atoms with Crippen LogP contribution in [0.4, 0.5) is 0 Å². The molecule has 0 N–H and O–H groups in total. The maximum Gasteiger partial charge on any atom is 0.336 e. The number of benzene rings is 1. The molecule has 3 atom stereocenters. The first-order chi connectivity index (χ1) is 24.0. The molecule has 0 amide bonds. The number of allylic oxidation sites excluding steroid dienone is 9. The molecule has 0 unspecified atom stereocenters. The van der Waals surface area contributed by atoms with E-state index in [4.69, 9.17) is 9.47 Å². The van der Waals surface area contributed by atoms with Gasteiger partial charge >= 0.3 is 5.97 Å². The van der Waals surface area contributed by atoms with Crippen LogP contribution in [0.2, 0.25) is 0 Å². The summed E-state index contributed by atoms with van der Waals surface area (Å²) in [7, 11) is 0. The topological polar surface area (TPSA) is 35.5 Å². The molecule has 51 heavy (non-hydrogen) atoms. The van der Waals surface area contributed by atoms with Crippen LogP contribution < -0.4 is 9.47 Å². The van der Waals surface area contributed by atoms with Crippen molar-refractivity contribution < 1.29 is 14.3 Å². The Labute approximate surface area is 314 Å². The van der Waals surface area contributed by atoms with Crippen LogP contribution in [-0.4, -0.2) is 11.6 Å². The van der Waals surface area contributed by atoms with E-state index in [2.05, 4.69) is 94.4 Å². The summed E-state index contributed by atoms with van der Waals surface area (Å²) in [6.45, 7) is 27.0. The standard InChI is InChI=1S/C48H74O3/c1-34(2)18-13-19-35(3)20-14-21-36(4)24-16-30-48(12)31-28-42-41(9)44(33-40(8)46(42)51-48)50-45(49)32-38(6)23-15-22-37(5)26-27-43-39(7)25-17-29-47(43,10)11/h15,22-23,26-27,32-36H,13-14,16-21,24-25,28-31H2,1-12H3/b23-15+,27-26+,37-22+,38-32+/t35-,36-,48-/m0/s1. The summed E-state index contributed by atoms with van der Waals surface area (Å²) >= 11 is 0. The Morgan fingerprint density at radius 1 is 0.863 bits per heavy atom. The highest BCUT2D eigenvalue weighted by Gasteiger charge is 2.34. The Bertz CT molecular complexity index is 1460. The first-order valence-corrected chi connectivity index (χ1v) is 20.4. The van der Waals surface area contributed by atoms with Crippen LogP contribution in [0.1, 0.15) is 169 Å². The summed E-state index contributed by atoms with van der Waals surface area (Å²) in [5, 5.41) is 0. The van der Waals surface area contributed by atoms with Crippen molar-refractivity contribution in [2.24, 2.45) is 23.2 Å². The van der Waals surface area contributed by atoms with E-state index in [9.17, 15) is 4.79 Å². The molecule has 0 radical (unpaired) electrons. The summed E-state index contributed by atoms with van der Waals surface area (Å²) in [4.78, 5) is 13.0. The molecule has 2 aliphatic rings. The van der Waals surface area contributed by atoms with Crippen molar-refractivity contribution in [2.75, 3.05) is 0 Å². The number of rotatable bonds is 18. The predicted octanol–water partition coefficient (Wildman–Crippen LogP) is 14.3. The minimum atomic E-state index is -0.349. The molecule has 1 heterocycles. The lowest BCUT2D eigenvalue weighted by atomic mass is 9.72. The van der Waals surface area contributed by atoms with Gasteiger partial charge in [0.25, 0.3) is 0 Å². The molecular formula is C48H74O3. The second-order valence-electron chi connectivity index (χ2n) is 17.9. The molecule has 1 aromatic rings. The molecule has 284 valence electrons. The first-order valence-electron chi connectivity index (χ1n) is 20.4. The fourth-order valence-corrected chi connectivity index (χ4v) is 8.15. The SMILES string of the molecule is CC1=C(/C=C/C(C)=C/C=C/C(C)=C/C(=O)Oc2cc(C)c3c(c2C)CC[C@](C)(CCC[C@@H](C)CCC[C@@H](C)CCCC(C)C)O3)C(C)(C)CCC1. The van der Waals surface area contributed by atoms with Gasteiger partial charge in [0.2, 0.25) is 0 Å². The third-order valence-corrected chi connectivity index (χ3v) is 11.7. The molecule has 0 saturated carbocycles. The minimum Gasteiger partial charge on any atom is -0.487 e. The molecule has 3 nitrogen and oxygen atoms in total. The molecule has 1 aliphatic heterocycles. The quantitative estimate of drug-likeness (QED) is 0.0662. The van der Waals surface area contributed by atoms with Gasteiger partial charge in [-0.25, -0.2) is 4.79 Å². The van der Waals surface area contributed by atoms with Gasteiger partial charge in [0.15, 0.2) is 0 Å². The summed E-state index contributed by atoms with van der Waals surface area (Å²) in [5.74, 6) is 3.73. The number of esters is 1. The van der Waals surface area contributed by atoms with Gasteiger partial charge in [-0.05, 0) is 138 Å². The number of ether oxygens (including phenoxy) is 2. The molecule has 1 aliphatic carbocycles. The van der Waals surface area contributed by atoms with E-state index in [1.165, 1.54) is 92.9 Å². The van der Waals surface area contributed by atoms with Gasteiger partial charge in [-0.15, -0.1) is 0 Å². The Morgan fingerprint density at radius 3 is 2.16 bits per heavy atom. The van der Waals surface area contributed by atoms with E-state index in [0.717, 1.165) is 59.5 Å². The number of hydrogen-bond donors (Lipinski definition) is 0. The van der Waals surface area contributed by atoms with E-state index < -0.39 is 0 Å². The van der Waals surface area contributed by atoms with E-state index in [1.54, 1.807) is 6.08 Å². The second kappa shape index (κ2) is 19.9. The van der Waals surface area contributed by atoms with Crippen LogP contribution in [0.3, 0.4) is 0 Å². The molecular weight excluding hydrogens is 625 g/mol. The number of fused-ring (bicyclic) bond motifs is 1. The monoisotopic (exact) mass is 699 g/mol. The fourth-order valence-electron chi connectivity index (χ4n) is 8.15. The number of hydrogen-bond acceptors (Lipinski definition) is 3. The van der Waals surface area contributed by atoms with Crippen molar-refractivity contribution in [3.63, 3.8) is 0 Å². The zero-order valence-corrected chi connectivity index (χ0v) is 34.9. The highest BCUT2D eigenvalue weighted by Crippen LogP contribution is 2.43. The van der Waals surface area contributed by atoms with Crippen molar-refractivity contribution in [1.82, 2.24) is 0 Å². The molecule has 0 spiro atoms. The molecule has 3 heteroatoms. The fraction of sp³-hybridized carbons (Fsp3) is 0.646. The average molecular weight is 699 g/mol. The molecule has 0 saturated heterocycles. The average Bonchev–Trinajstić information content (AvgIpc) is 3.02. The van der Waals surface area contributed by atoms with Gasteiger partial charge < -0.3 is 9.47 Å². The van der Waals surface area contributed by atoms with Crippen LogP contribution in [0.25, 0.3) is 0 Å². The Balaban J connectivity index is 1.50. The van der Waals surface area contributed by atoms with Gasteiger partial charge in [0.1, 0.15) is 17.1 Å². The van der Waals surface area contributed by atoms with Crippen LogP contribution in [0.15, 0.2) is 64.8 Å². The van der Waals surface area contributed by atoms with Crippen LogP contribution in [0, 0.1) is 37.0 Å². The zero-order valence-electron chi connectivity index (χ0n) is 34.9. The highest BCUT2D eigenvalue weighted by molar-refractivity contribution is 5.85. The van der Waals surface area contributed by atoms with E-state index in [-0.39, 0.29) is 17.0 Å². The molecule has 1 aromatic carbocycles. The lowest BCUT2D eigenvalue weighted by Crippen LogP contribution is -2.37. The Kier molecular flexibility index (Phi) is 16.6. The Morgan fingerprint density at radius 2 is 1.51 bits per heavy atom.